The number of carbonyl (C=O) groups excluding carboxylic acids is 1. The number of likely N-dealkylation sites (tertiary alicyclic amines) is 2. The average Bonchev–Trinajstić information content (AvgIpc) is 2.96. The van der Waals surface area contributed by atoms with Gasteiger partial charge in [-0.2, -0.15) is 0 Å². The third kappa shape index (κ3) is 3.50. The summed E-state index contributed by atoms with van der Waals surface area (Å²) in [4.78, 5) is 24.3. The van der Waals surface area contributed by atoms with Gasteiger partial charge in [0, 0.05) is 37.6 Å². The van der Waals surface area contributed by atoms with Gasteiger partial charge in [-0.25, -0.2) is 4.79 Å². The van der Waals surface area contributed by atoms with E-state index in [9.17, 15) is 15.0 Å². The predicted molar refractivity (Wildman–Crippen MR) is 85.5 cm³/mol. The second-order valence-corrected chi connectivity index (χ2v) is 6.74. The molecule has 1 amide bonds. The van der Waals surface area contributed by atoms with Crippen molar-refractivity contribution in [3.63, 3.8) is 0 Å². The largest absolute Gasteiger partial charge is 0.483 e. The van der Waals surface area contributed by atoms with Crippen molar-refractivity contribution in [3.8, 4) is 0 Å². The third-order valence-electron chi connectivity index (χ3n) is 5.81. The Bertz CT molecular complexity index is 420. The van der Waals surface area contributed by atoms with E-state index in [1.807, 2.05) is 6.92 Å². The van der Waals surface area contributed by atoms with Gasteiger partial charge in [0.25, 0.3) is 6.47 Å². The number of piperidine rings is 2. The molecule has 0 aromatic rings. The minimum atomic E-state index is -0.250. The number of aliphatic hydroxyl groups excluding tert-OH is 2. The smallest absolute Gasteiger partial charge is 0.409 e. The molecule has 2 unspecified atom stereocenters. The van der Waals surface area contributed by atoms with Gasteiger partial charge in [0.1, 0.15) is 0 Å². The molecule has 24 heavy (non-hydrogen) atoms. The summed E-state index contributed by atoms with van der Waals surface area (Å²) in [5.74, 6) is 0.908. The molecule has 3 fully saturated rings. The first-order valence-electron chi connectivity index (χ1n) is 8.53. The lowest BCUT2D eigenvalue weighted by Gasteiger charge is -2.38. The van der Waals surface area contributed by atoms with Crippen molar-refractivity contribution in [2.45, 2.75) is 25.8 Å². The number of rotatable bonds is 4. The van der Waals surface area contributed by atoms with Crippen LogP contribution in [0.4, 0.5) is 4.79 Å². The summed E-state index contributed by atoms with van der Waals surface area (Å²) in [5.41, 5.74) is -0.206. The minimum absolute atomic E-state index is 0.105. The molecule has 0 aromatic heterocycles. The summed E-state index contributed by atoms with van der Waals surface area (Å²) in [7, 11) is 0. The summed E-state index contributed by atoms with van der Waals surface area (Å²) >= 11 is 0. The van der Waals surface area contributed by atoms with E-state index in [0.29, 0.717) is 24.5 Å². The fourth-order valence-electron chi connectivity index (χ4n) is 4.31. The Morgan fingerprint density at radius 1 is 1.21 bits per heavy atom. The Kier molecular flexibility index (Phi) is 6.42. The summed E-state index contributed by atoms with van der Waals surface area (Å²) in [6.45, 7) is 5.71. The van der Waals surface area contributed by atoms with Gasteiger partial charge in [-0.15, -0.1) is 0 Å². The van der Waals surface area contributed by atoms with Crippen LogP contribution < -0.4 is 0 Å². The molecule has 2 atom stereocenters. The molecule has 1 aliphatic carbocycles. The van der Waals surface area contributed by atoms with Crippen LogP contribution in [0.1, 0.15) is 19.8 Å². The fraction of sp³-hybridized carbons (Fsp3) is 0.875. The summed E-state index contributed by atoms with van der Waals surface area (Å²) in [6, 6.07) is 0.526. The Morgan fingerprint density at radius 2 is 1.71 bits per heavy atom. The number of nitrogens with zero attached hydrogens (tertiary/aromatic N) is 2. The van der Waals surface area contributed by atoms with Gasteiger partial charge < -0.3 is 25.0 Å². The number of amides is 1. The molecule has 0 radical (unpaired) electrons. The van der Waals surface area contributed by atoms with E-state index in [1.165, 1.54) is 0 Å². The lowest BCUT2D eigenvalue weighted by Crippen LogP contribution is -2.47. The minimum Gasteiger partial charge on any atom is -0.483 e. The van der Waals surface area contributed by atoms with Crippen molar-refractivity contribution >= 4 is 12.6 Å². The highest BCUT2D eigenvalue weighted by molar-refractivity contribution is 5.67. The van der Waals surface area contributed by atoms with Crippen molar-refractivity contribution in [2.24, 2.45) is 17.3 Å². The molecule has 3 N–H and O–H groups in total. The number of aliphatic hydroxyl groups is 2. The van der Waals surface area contributed by atoms with Gasteiger partial charge >= 0.3 is 6.09 Å². The first kappa shape index (κ1) is 19.0. The third-order valence-corrected chi connectivity index (χ3v) is 5.81. The maximum Gasteiger partial charge on any atom is 0.409 e. The SMILES string of the molecule is CCOC(=O)N1CCC(N2CC3C(C2)C3(CO)CO)CC1.O=CO. The van der Waals surface area contributed by atoms with Crippen LogP contribution in [0.3, 0.4) is 0 Å². The molecule has 3 rings (SSSR count). The van der Waals surface area contributed by atoms with Crippen molar-refractivity contribution < 1.29 is 29.6 Å². The van der Waals surface area contributed by atoms with Gasteiger partial charge in [-0.3, -0.25) is 9.69 Å². The van der Waals surface area contributed by atoms with Crippen LogP contribution in [0.2, 0.25) is 0 Å². The van der Waals surface area contributed by atoms with Crippen LogP contribution in [-0.4, -0.2) is 89.7 Å². The van der Waals surface area contributed by atoms with Crippen molar-refractivity contribution in [3.05, 3.63) is 0 Å². The number of fused-ring (bicyclic) bond motifs is 1. The van der Waals surface area contributed by atoms with E-state index in [2.05, 4.69) is 4.90 Å². The highest BCUT2D eigenvalue weighted by atomic mass is 16.6. The number of hydrogen-bond donors (Lipinski definition) is 3. The highest BCUT2D eigenvalue weighted by Gasteiger charge is 2.67. The predicted octanol–water partition coefficient (Wildman–Crippen LogP) is -0.159. The average molecular weight is 344 g/mol. The van der Waals surface area contributed by atoms with Gasteiger partial charge in [0.2, 0.25) is 0 Å². The topological polar surface area (TPSA) is 111 Å². The van der Waals surface area contributed by atoms with Gasteiger partial charge in [-0.1, -0.05) is 0 Å². The van der Waals surface area contributed by atoms with Crippen LogP contribution >= 0.6 is 0 Å². The van der Waals surface area contributed by atoms with Crippen LogP contribution in [0.5, 0.6) is 0 Å². The number of carbonyl (C=O) groups is 2. The molecule has 138 valence electrons. The zero-order chi connectivity index (χ0) is 17.7. The highest BCUT2D eigenvalue weighted by Crippen LogP contribution is 2.62. The molecule has 2 saturated heterocycles. The zero-order valence-corrected chi connectivity index (χ0v) is 14.1. The quantitative estimate of drug-likeness (QED) is 0.608. The molecule has 2 heterocycles. The number of ether oxygens (including phenoxy) is 1. The second kappa shape index (κ2) is 8.13. The first-order valence-corrected chi connectivity index (χ1v) is 8.53. The molecule has 0 aromatic carbocycles. The first-order chi connectivity index (χ1) is 11.6. The normalized spacial score (nSPS) is 28.5. The standard InChI is InChI=1S/C15H26N2O4.CH2O2/c1-2-21-14(20)16-5-3-11(4-6-16)17-7-12-13(8-17)15(12,9-18)10-19;2-1-3/h11-13,18-19H,2-10H2,1H3;1H,(H,2,3). The Balaban J connectivity index is 0.000000647. The maximum atomic E-state index is 11.7. The van der Waals surface area contributed by atoms with E-state index in [0.717, 1.165) is 39.0 Å². The van der Waals surface area contributed by atoms with Crippen molar-refractivity contribution in [1.82, 2.24) is 9.80 Å². The van der Waals surface area contributed by atoms with E-state index in [-0.39, 0.29) is 31.2 Å². The number of hydrogen-bond acceptors (Lipinski definition) is 6. The molecular weight excluding hydrogens is 316 g/mol. The molecule has 3 aliphatic rings. The zero-order valence-electron chi connectivity index (χ0n) is 14.1. The van der Waals surface area contributed by atoms with Gasteiger partial charge in [0.05, 0.1) is 19.8 Å². The van der Waals surface area contributed by atoms with Crippen LogP contribution in [0.25, 0.3) is 0 Å². The molecular formula is C16H28N2O6. The van der Waals surface area contributed by atoms with E-state index < -0.39 is 0 Å². The maximum absolute atomic E-state index is 11.7. The van der Waals surface area contributed by atoms with E-state index in [4.69, 9.17) is 14.6 Å². The summed E-state index contributed by atoms with van der Waals surface area (Å²) < 4.78 is 5.04. The lowest BCUT2D eigenvalue weighted by molar-refractivity contribution is -0.122. The molecule has 2 aliphatic heterocycles. The van der Waals surface area contributed by atoms with Crippen LogP contribution in [0, 0.1) is 17.3 Å². The molecule has 1 saturated carbocycles. The summed E-state index contributed by atoms with van der Waals surface area (Å²) in [6.07, 6.45) is 1.78. The van der Waals surface area contributed by atoms with E-state index in [1.54, 1.807) is 4.90 Å². The van der Waals surface area contributed by atoms with Crippen LogP contribution in [0.15, 0.2) is 0 Å². The van der Waals surface area contributed by atoms with Crippen molar-refractivity contribution in [1.29, 1.82) is 0 Å². The van der Waals surface area contributed by atoms with Crippen molar-refractivity contribution in [2.75, 3.05) is 46.0 Å². The van der Waals surface area contributed by atoms with E-state index >= 15 is 0 Å². The Morgan fingerprint density at radius 3 is 2.12 bits per heavy atom. The Hall–Kier alpha value is -1.38. The second-order valence-electron chi connectivity index (χ2n) is 6.74. The lowest BCUT2D eigenvalue weighted by atomic mass is 9.99. The van der Waals surface area contributed by atoms with Gasteiger partial charge in [-0.05, 0) is 31.6 Å². The monoisotopic (exact) mass is 344 g/mol. The molecule has 0 bridgehead atoms. The molecule has 8 heteroatoms. The molecule has 8 nitrogen and oxygen atoms in total. The Labute approximate surface area is 142 Å². The summed E-state index contributed by atoms with van der Waals surface area (Å²) in [5, 5.41) is 25.8. The molecule has 0 spiro atoms. The van der Waals surface area contributed by atoms with Crippen LogP contribution in [-0.2, 0) is 9.53 Å². The fourth-order valence-corrected chi connectivity index (χ4v) is 4.31. The number of carboxylic acid groups (broad SMARTS) is 1. The van der Waals surface area contributed by atoms with Gasteiger partial charge in [0.15, 0.2) is 0 Å².